The van der Waals surface area contributed by atoms with Crippen molar-refractivity contribution in [2.45, 2.75) is 19.8 Å². The molecule has 1 aliphatic heterocycles. The molecule has 0 unspecified atom stereocenters. The van der Waals surface area contributed by atoms with Crippen LogP contribution in [-0.4, -0.2) is 57.8 Å². The van der Waals surface area contributed by atoms with E-state index in [1.807, 2.05) is 38.2 Å². The van der Waals surface area contributed by atoms with E-state index in [2.05, 4.69) is 5.32 Å². The summed E-state index contributed by atoms with van der Waals surface area (Å²) in [6.07, 6.45) is 1.64. The second-order valence-electron chi connectivity index (χ2n) is 6.36. The molecule has 5 nitrogen and oxygen atoms in total. The van der Waals surface area contributed by atoms with Gasteiger partial charge >= 0.3 is 0 Å². The number of ether oxygens (including phenoxy) is 2. The van der Waals surface area contributed by atoms with Crippen LogP contribution in [0.15, 0.2) is 24.3 Å². The van der Waals surface area contributed by atoms with Crippen LogP contribution in [0.5, 0.6) is 5.75 Å². The Bertz CT molecular complexity index is 507. The van der Waals surface area contributed by atoms with Gasteiger partial charge in [0.15, 0.2) is 0 Å². The molecular formula is C18H28N2O3. The van der Waals surface area contributed by atoms with Crippen LogP contribution in [0.2, 0.25) is 0 Å². The van der Waals surface area contributed by atoms with E-state index in [1.165, 1.54) is 5.56 Å². The van der Waals surface area contributed by atoms with Gasteiger partial charge in [-0.05, 0) is 50.6 Å². The monoisotopic (exact) mass is 320 g/mol. The van der Waals surface area contributed by atoms with E-state index in [4.69, 9.17) is 9.47 Å². The van der Waals surface area contributed by atoms with Gasteiger partial charge in [0.1, 0.15) is 12.4 Å². The topological polar surface area (TPSA) is 50.8 Å². The van der Waals surface area contributed by atoms with Gasteiger partial charge < -0.3 is 19.7 Å². The quantitative estimate of drug-likeness (QED) is 0.833. The highest BCUT2D eigenvalue weighted by atomic mass is 16.5. The number of carbonyl (C=O) groups is 1. The number of carbonyl (C=O) groups excluding carboxylic acids is 1. The number of nitrogens with one attached hydrogen (secondary N) is 1. The molecule has 2 rings (SSSR count). The van der Waals surface area contributed by atoms with E-state index in [0.717, 1.165) is 31.7 Å². The molecule has 1 aliphatic rings. The molecule has 1 aromatic carbocycles. The van der Waals surface area contributed by atoms with E-state index >= 15 is 0 Å². The summed E-state index contributed by atoms with van der Waals surface area (Å²) in [4.78, 5) is 14.6. The highest BCUT2D eigenvalue weighted by molar-refractivity contribution is 5.82. The third-order valence-corrected chi connectivity index (χ3v) is 4.47. The average Bonchev–Trinajstić information content (AvgIpc) is 2.55. The Morgan fingerprint density at radius 2 is 2.09 bits per heavy atom. The van der Waals surface area contributed by atoms with Gasteiger partial charge in [-0.2, -0.15) is 0 Å². The molecule has 0 atom stereocenters. The molecular weight excluding hydrogens is 292 g/mol. The van der Waals surface area contributed by atoms with Crippen LogP contribution in [0.4, 0.5) is 0 Å². The summed E-state index contributed by atoms with van der Waals surface area (Å²) in [5.74, 6) is 1.01. The number of aryl methyl sites for hydroxylation is 1. The third-order valence-electron chi connectivity index (χ3n) is 4.47. The largest absolute Gasteiger partial charge is 0.492 e. The summed E-state index contributed by atoms with van der Waals surface area (Å²) < 4.78 is 11.1. The van der Waals surface area contributed by atoms with Crippen molar-refractivity contribution in [1.82, 2.24) is 10.2 Å². The van der Waals surface area contributed by atoms with Gasteiger partial charge in [-0.3, -0.25) is 4.79 Å². The maximum Gasteiger partial charge on any atom is 0.231 e. The molecule has 0 radical (unpaired) electrons. The Kier molecular flexibility index (Phi) is 6.42. The maximum atomic E-state index is 12.9. The molecule has 1 amide bonds. The summed E-state index contributed by atoms with van der Waals surface area (Å²) >= 11 is 0. The van der Waals surface area contributed by atoms with Crippen molar-refractivity contribution in [3.63, 3.8) is 0 Å². The molecule has 1 fully saturated rings. The van der Waals surface area contributed by atoms with Crippen LogP contribution in [0.3, 0.4) is 0 Å². The minimum atomic E-state index is -0.391. The SMILES string of the molecule is COCC1(C(=O)N(C)CCOc2cccc(C)c2)CCNCC1. The number of nitrogens with zero attached hydrogens (tertiary/aromatic N) is 1. The summed E-state index contributed by atoms with van der Waals surface area (Å²) in [5.41, 5.74) is 0.777. The van der Waals surface area contributed by atoms with Crippen LogP contribution in [0.1, 0.15) is 18.4 Å². The van der Waals surface area contributed by atoms with Crippen molar-refractivity contribution in [3.05, 3.63) is 29.8 Å². The van der Waals surface area contributed by atoms with Gasteiger partial charge in [-0.15, -0.1) is 0 Å². The minimum Gasteiger partial charge on any atom is -0.492 e. The Hall–Kier alpha value is -1.59. The van der Waals surface area contributed by atoms with Crippen molar-refractivity contribution < 1.29 is 14.3 Å². The molecule has 1 heterocycles. The highest BCUT2D eigenvalue weighted by Crippen LogP contribution is 2.31. The second-order valence-corrected chi connectivity index (χ2v) is 6.36. The van der Waals surface area contributed by atoms with E-state index in [9.17, 15) is 4.79 Å². The average molecular weight is 320 g/mol. The fourth-order valence-corrected chi connectivity index (χ4v) is 3.11. The van der Waals surface area contributed by atoms with Crippen molar-refractivity contribution in [3.8, 4) is 5.75 Å². The number of methoxy groups -OCH3 is 1. The van der Waals surface area contributed by atoms with Crippen LogP contribution >= 0.6 is 0 Å². The Balaban J connectivity index is 1.88. The number of hydrogen-bond acceptors (Lipinski definition) is 4. The number of benzene rings is 1. The molecule has 0 aromatic heterocycles. The first-order valence-corrected chi connectivity index (χ1v) is 8.22. The molecule has 1 saturated heterocycles. The van der Waals surface area contributed by atoms with Crippen molar-refractivity contribution in [2.24, 2.45) is 5.41 Å². The fraction of sp³-hybridized carbons (Fsp3) is 0.611. The van der Waals surface area contributed by atoms with E-state index in [-0.39, 0.29) is 5.91 Å². The molecule has 0 saturated carbocycles. The number of hydrogen-bond donors (Lipinski definition) is 1. The Morgan fingerprint density at radius 3 is 2.74 bits per heavy atom. The lowest BCUT2D eigenvalue weighted by Gasteiger charge is -2.38. The lowest BCUT2D eigenvalue weighted by atomic mass is 9.78. The summed E-state index contributed by atoms with van der Waals surface area (Å²) in [7, 11) is 3.51. The molecule has 1 aromatic rings. The zero-order chi connectivity index (χ0) is 16.7. The van der Waals surface area contributed by atoms with E-state index in [1.54, 1.807) is 12.0 Å². The lowest BCUT2D eigenvalue weighted by Crippen LogP contribution is -2.51. The van der Waals surface area contributed by atoms with Gasteiger partial charge in [0.05, 0.1) is 18.6 Å². The molecule has 5 heteroatoms. The lowest BCUT2D eigenvalue weighted by molar-refractivity contribution is -0.146. The van der Waals surface area contributed by atoms with Gasteiger partial charge in [0.2, 0.25) is 5.91 Å². The summed E-state index contributed by atoms with van der Waals surface area (Å²) in [6, 6.07) is 7.95. The van der Waals surface area contributed by atoms with Crippen molar-refractivity contribution in [1.29, 1.82) is 0 Å². The van der Waals surface area contributed by atoms with Crippen LogP contribution in [0, 0.1) is 12.3 Å². The third kappa shape index (κ3) is 4.69. The van der Waals surface area contributed by atoms with Gasteiger partial charge in [0.25, 0.3) is 0 Å². The number of likely N-dealkylation sites (N-methyl/N-ethyl adjacent to an activating group) is 1. The van der Waals surface area contributed by atoms with E-state index in [0.29, 0.717) is 19.8 Å². The first kappa shape index (κ1) is 17.8. The van der Waals surface area contributed by atoms with Gasteiger partial charge in [-0.25, -0.2) is 0 Å². The predicted molar refractivity (Wildman–Crippen MR) is 90.7 cm³/mol. The molecule has 0 spiro atoms. The first-order chi connectivity index (χ1) is 11.1. The molecule has 1 N–H and O–H groups in total. The second kappa shape index (κ2) is 8.31. The Labute approximate surface area is 139 Å². The fourth-order valence-electron chi connectivity index (χ4n) is 3.11. The van der Waals surface area contributed by atoms with Crippen molar-refractivity contribution in [2.75, 3.05) is 47.0 Å². The van der Waals surface area contributed by atoms with Crippen molar-refractivity contribution >= 4 is 5.91 Å². The van der Waals surface area contributed by atoms with Crippen LogP contribution < -0.4 is 10.1 Å². The molecule has 0 aliphatic carbocycles. The molecule has 128 valence electrons. The van der Waals surface area contributed by atoms with Gasteiger partial charge in [-0.1, -0.05) is 12.1 Å². The summed E-state index contributed by atoms with van der Waals surface area (Å²) in [5, 5.41) is 3.31. The predicted octanol–water partition coefficient (Wildman–Crippen LogP) is 1.85. The first-order valence-electron chi connectivity index (χ1n) is 8.22. The molecule has 0 bridgehead atoms. The minimum absolute atomic E-state index is 0.161. The van der Waals surface area contributed by atoms with Gasteiger partial charge in [0, 0.05) is 14.2 Å². The number of amides is 1. The van der Waals surface area contributed by atoms with E-state index < -0.39 is 5.41 Å². The van der Waals surface area contributed by atoms with Crippen LogP contribution in [0.25, 0.3) is 0 Å². The highest BCUT2D eigenvalue weighted by Gasteiger charge is 2.41. The zero-order valence-corrected chi connectivity index (χ0v) is 14.4. The Morgan fingerprint density at radius 1 is 1.35 bits per heavy atom. The number of rotatable bonds is 7. The smallest absolute Gasteiger partial charge is 0.231 e. The number of piperidine rings is 1. The standard InChI is InChI=1S/C18H28N2O3/c1-15-5-4-6-16(13-15)23-12-11-20(2)17(21)18(14-22-3)7-9-19-10-8-18/h4-6,13,19H,7-12,14H2,1-3H3. The maximum absolute atomic E-state index is 12.9. The van der Waals surface area contributed by atoms with Crippen LogP contribution in [-0.2, 0) is 9.53 Å². The normalized spacial score (nSPS) is 16.8. The zero-order valence-electron chi connectivity index (χ0n) is 14.4. The summed E-state index contributed by atoms with van der Waals surface area (Å²) in [6.45, 7) is 5.31. The molecule has 23 heavy (non-hydrogen) atoms.